The van der Waals surface area contributed by atoms with E-state index in [1.165, 1.54) is 0 Å². The molecule has 2 saturated carbocycles. The van der Waals surface area contributed by atoms with Gasteiger partial charge in [-0.25, -0.2) is 0 Å². The van der Waals surface area contributed by atoms with Gasteiger partial charge in [-0.15, -0.1) is 0 Å². The second-order valence-corrected chi connectivity index (χ2v) is 6.41. The van der Waals surface area contributed by atoms with Crippen LogP contribution in [0, 0.1) is 23.7 Å². The van der Waals surface area contributed by atoms with Crippen LogP contribution in [0.4, 0.5) is 0 Å². The zero-order chi connectivity index (χ0) is 13.1. The molecule has 0 aromatic carbocycles. The zero-order valence-electron chi connectivity index (χ0n) is 11.9. The molecule has 4 unspecified atom stereocenters. The summed E-state index contributed by atoms with van der Waals surface area (Å²) in [6.45, 7) is 4.27. The molecule has 2 rings (SSSR count). The van der Waals surface area contributed by atoms with Crippen molar-refractivity contribution in [2.24, 2.45) is 23.7 Å². The lowest BCUT2D eigenvalue weighted by atomic mass is 9.65. The van der Waals surface area contributed by atoms with Crippen LogP contribution < -0.4 is 0 Å². The molecule has 0 bridgehead atoms. The highest BCUT2D eigenvalue weighted by Crippen LogP contribution is 2.43. The van der Waals surface area contributed by atoms with Gasteiger partial charge in [-0.3, -0.25) is 4.79 Å². The molecule has 1 N–H and O–H groups in total. The third-order valence-corrected chi connectivity index (χ3v) is 5.38. The maximum Gasteiger partial charge on any atom is 0.139 e. The Morgan fingerprint density at radius 1 is 1.06 bits per heavy atom. The third-order valence-electron chi connectivity index (χ3n) is 5.38. The number of Topliss-reactive ketones (excluding diaryl/α,β-unsaturated/α-hetero) is 1. The maximum atomic E-state index is 12.4. The lowest BCUT2D eigenvalue weighted by molar-refractivity contribution is -0.129. The first-order valence-corrected chi connectivity index (χ1v) is 7.87. The number of aliphatic hydroxyl groups is 1. The summed E-state index contributed by atoms with van der Waals surface area (Å²) < 4.78 is 0. The standard InChI is InChI=1S/C16H28O2/c1-3-11(4-2)16(18)14-6-5-13-10-15(17)8-7-12(13)9-14/h11-15,17H,3-10H2,1-2H3. The Labute approximate surface area is 111 Å². The fourth-order valence-corrected chi connectivity index (χ4v) is 4.15. The minimum Gasteiger partial charge on any atom is -0.393 e. The first kappa shape index (κ1) is 14.0. The van der Waals surface area contributed by atoms with Crippen molar-refractivity contribution in [1.82, 2.24) is 0 Å². The largest absolute Gasteiger partial charge is 0.393 e. The predicted octanol–water partition coefficient (Wildman–Crippen LogP) is 3.57. The molecule has 2 heteroatoms. The SMILES string of the molecule is CCC(CC)C(=O)C1CCC2CC(O)CCC2C1. The summed E-state index contributed by atoms with van der Waals surface area (Å²) >= 11 is 0. The Hall–Kier alpha value is -0.370. The zero-order valence-corrected chi connectivity index (χ0v) is 11.9. The number of rotatable bonds is 4. The minimum absolute atomic E-state index is 0.0717. The highest BCUT2D eigenvalue weighted by Gasteiger charge is 2.38. The molecule has 0 aromatic heterocycles. The van der Waals surface area contributed by atoms with Crippen molar-refractivity contribution in [1.29, 1.82) is 0 Å². The van der Waals surface area contributed by atoms with E-state index < -0.39 is 0 Å². The summed E-state index contributed by atoms with van der Waals surface area (Å²) in [5.74, 6) is 2.56. The molecule has 0 saturated heterocycles. The molecule has 4 atom stereocenters. The van der Waals surface area contributed by atoms with E-state index in [1.807, 2.05) is 0 Å². The van der Waals surface area contributed by atoms with Crippen molar-refractivity contribution >= 4 is 5.78 Å². The van der Waals surface area contributed by atoms with Crippen molar-refractivity contribution in [3.8, 4) is 0 Å². The molecule has 2 aliphatic carbocycles. The van der Waals surface area contributed by atoms with Gasteiger partial charge in [0.25, 0.3) is 0 Å². The van der Waals surface area contributed by atoms with E-state index in [1.54, 1.807) is 0 Å². The van der Waals surface area contributed by atoms with Crippen LogP contribution in [0.3, 0.4) is 0 Å². The summed E-state index contributed by atoms with van der Waals surface area (Å²) in [4.78, 5) is 12.4. The normalized spacial score (nSPS) is 36.4. The lowest BCUT2D eigenvalue weighted by Gasteiger charge is -2.41. The van der Waals surface area contributed by atoms with Gasteiger partial charge < -0.3 is 5.11 Å². The fraction of sp³-hybridized carbons (Fsp3) is 0.938. The van der Waals surface area contributed by atoms with E-state index in [2.05, 4.69) is 13.8 Å². The van der Waals surface area contributed by atoms with Gasteiger partial charge in [-0.1, -0.05) is 13.8 Å². The van der Waals surface area contributed by atoms with Gasteiger partial charge in [0.05, 0.1) is 6.10 Å². The van der Waals surface area contributed by atoms with Crippen molar-refractivity contribution in [2.75, 3.05) is 0 Å². The Morgan fingerprint density at radius 3 is 2.33 bits per heavy atom. The van der Waals surface area contributed by atoms with Crippen LogP contribution in [0.2, 0.25) is 0 Å². The van der Waals surface area contributed by atoms with E-state index in [9.17, 15) is 9.90 Å². The molecule has 0 heterocycles. The van der Waals surface area contributed by atoms with E-state index in [0.717, 1.165) is 51.4 Å². The third kappa shape index (κ3) is 2.96. The average Bonchev–Trinajstić information content (AvgIpc) is 2.39. The van der Waals surface area contributed by atoms with Crippen LogP contribution in [-0.4, -0.2) is 17.0 Å². The van der Waals surface area contributed by atoms with Crippen LogP contribution in [0.15, 0.2) is 0 Å². The molecule has 104 valence electrons. The Kier molecular flexibility index (Phi) is 4.83. The second-order valence-electron chi connectivity index (χ2n) is 6.41. The van der Waals surface area contributed by atoms with Crippen LogP contribution in [0.1, 0.15) is 65.2 Å². The first-order valence-electron chi connectivity index (χ1n) is 7.87. The summed E-state index contributed by atoms with van der Waals surface area (Å²) in [5.41, 5.74) is 0. The topological polar surface area (TPSA) is 37.3 Å². The molecule has 0 radical (unpaired) electrons. The van der Waals surface area contributed by atoms with Gasteiger partial charge in [0.2, 0.25) is 0 Å². The second kappa shape index (κ2) is 6.18. The average molecular weight is 252 g/mol. The van der Waals surface area contributed by atoms with E-state index in [0.29, 0.717) is 29.5 Å². The van der Waals surface area contributed by atoms with Crippen LogP contribution in [-0.2, 0) is 4.79 Å². The van der Waals surface area contributed by atoms with E-state index in [-0.39, 0.29) is 6.10 Å². The Bertz CT molecular complexity index is 283. The van der Waals surface area contributed by atoms with Crippen LogP contribution >= 0.6 is 0 Å². The molecule has 18 heavy (non-hydrogen) atoms. The predicted molar refractivity (Wildman–Crippen MR) is 73.3 cm³/mol. The van der Waals surface area contributed by atoms with Gasteiger partial charge in [-0.05, 0) is 63.2 Å². The van der Waals surface area contributed by atoms with Crippen molar-refractivity contribution < 1.29 is 9.90 Å². The highest BCUT2D eigenvalue weighted by atomic mass is 16.3. The number of carbonyl (C=O) groups is 1. The summed E-state index contributed by atoms with van der Waals surface area (Å²) in [6, 6.07) is 0. The van der Waals surface area contributed by atoms with Gasteiger partial charge in [0, 0.05) is 11.8 Å². The number of hydrogen-bond acceptors (Lipinski definition) is 2. The number of aliphatic hydroxyl groups excluding tert-OH is 1. The maximum absolute atomic E-state index is 12.4. The van der Waals surface area contributed by atoms with Gasteiger partial charge in [-0.2, -0.15) is 0 Å². The lowest BCUT2D eigenvalue weighted by Crippen LogP contribution is -2.36. The van der Waals surface area contributed by atoms with E-state index >= 15 is 0 Å². The molecule has 2 nitrogen and oxygen atoms in total. The highest BCUT2D eigenvalue weighted by molar-refractivity contribution is 5.83. The number of carbonyl (C=O) groups excluding carboxylic acids is 1. The van der Waals surface area contributed by atoms with Crippen molar-refractivity contribution in [3.63, 3.8) is 0 Å². The van der Waals surface area contributed by atoms with Crippen molar-refractivity contribution in [2.45, 2.75) is 71.3 Å². The summed E-state index contributed by atoms with van der Waals surface area (Å²) in [7, 11) is 0. The molecule has 0 aliphatic heterocycles. The molecular formula is C16H28O2. The van der Waals surface area contributed by atoms with Gasteiger partial charge in [0.15, 0.2) is 0 Å². The van der Waals surface area contributed by atoms with E-state index in [4.69, 9.17) is 0 Å². The molecule has 2 fully saturated rings. The smallest absolute Gasteiger partial charge is 0.139 e. The summed E-state index contributed by atoms with van der Waals surface area (Å²) in [5, 5.41) is 9.72. The number of ketones is 1. The molecule has 0 amide bonds. The number of fused-ring (bicyclic) bond motifs is 1. The first-order chi connectivity index (χ1) is 8.65. The van der Waals surface area contributed by atoms with Crippen molar-refractivity contribution in [3.05, 3.63) is 0 Å². The monoisotopic (exact) mass is 252 g/mol. The van der Waals surface area contributed by atoms with Gasteiger partial charge >= 0.3 is 0 Å². The summed E-state index contributed by atoms with van der Waals surface area (Å²) in [6.07, 6.45) is 8.34. The fourth-order valence-electron chi connectivity index (χ4n) is 4.15. The minimum atomic E-state index is -0.0717. The van der Waals surface area contributed by atoms with Crippen LogP contribution in [0.25, 0.3) is 0 Å². The Balaban J connectivity index is 1.92. The Morgan fingerprint density at radius 2 is 1.67 bits per heavy atom. The quantitative estimate of drug-likeness (QED) is 0.830. The number of hydrogen-bond donors (Lipinski definition) is 1. The molecule has 0 spiro atoms. The van der Waals surface area contributed by atoms with Gasteiger partial charge in [0.1, 0.15) is 5.78 Å². The molecule has 0 aromatic rings. The molecular weight excluding hydrogens is 224 g/mol. The molecule has 2 aliphatic rings. The van der Waals surface area contributed by atoms with Crippen LogP contribution in [0.5, 0.6) is 0 Å².